The Labute approximate surface area is 292 Å². The molecule has 4 heterocycles. The van der Waals surface area contributed by atoms with E-state index in [0.29, 0.717) is 13.1 Å². The van der Waals surface area contributed by atoms with Crippen molar-refractivity contribution in [2.75, 3.05) is 13.1 Å². The van der Waals surface area contributed by atoms with E-state index in [1.807, 2.05) is 53.8 Å². The molecule has 0 saturated carbocycles. The fraction of sp³-hybridized carbons (Fsp3) is 0.400. The van der Waals surface area contributed by atoms with Crippen LogP contribution in [0.3, 0.4) is 0 Å². The van der Waals surface area contributed by atoms with Gasteiger partial charge in [-0.1, -0.05) is 42.5 Å². The molecule has 2 atom stereocenters. The van der Waals surface area contributed by atoms with Crippen LogP contribution < -0.4 is 0 Å². The van der Waals surface area contributed by atoms with Gasteiger partial charge >= 0.3 is 12.2 Å². The third-order valence-corrected chi connectivity index (χ3v) is 9.16. The average Bonchev–Trinajstić information content (AvgIpc) is 3.87. The third kappa shape index (κ3) is 7.25. The number of benzene rings is 3. The van der Waals surface area contributed by atoms with Gasteiger partial charge in [-0.15, -0.1) is 0 Å². The number of hydrogen-bond acceptors (Lipinski definition) is 6. The highest BCUT2D eigenvalue weighted by Crippen LogP contribution is 2.35. The lowest BCUT2D eigenvalue weighted by atomic mass is 10.0. The number of nitrogens with zero attached hydrogens (tertiary/aromatic N) is 4. The number of ether oxygens (including phenoxy) is 2. The molecule has 260 valence electrons. The minimum atomic E-state index is -0.539. The van der Waals surface area contributed by atoms with Gasteiger partial charge in [0.15, 0.2) is 0 Å². The number of amides is 2. The summed E-state index contributed by atoms with van der Waals surface area (Å²) in [5.41, 5.74) is 4.86. The molecule has 3 aromatic carbocycles. The lowest BCUT2D eigenvalue weighted by Crippen LogP contribution is -2.36. The molecule has 2 aromatic heterocycles. The minimum Gasteiger partial charge on any atom is -0.444 e. The molecule has 2 fully saturated rings. The first-order valence-corrected chi connectivity index (χ1v) is 17.6. The number of carbonyl (C=O) groups is 2. The van der Waals surface area contributed by atoms with Gasteiger partial charge < -0.3 is 19.4 Å². The molecule has 2 N–H and O–H groups in total. The lowest BCUT2D eigenvalue weighted by Gasteiger charge is -2.27. The van der Waals surface area contributed by atoms with Gasteiger partial charge in [0.2, 0.25) is 0 Å². The summed E-state index contributed by atoms with van der Waals surface area (Å²) in [6.45, 7) is 12.7. The van der Waals surface area contributed by atoms with Crippen LogP contribution in [0.2, 0.25) is 0 Å². The number of hydrogen-bond donors (Lipinski definition) is 2. The van der Waals surface area contributed by atoms with E-state index in [2.05, 4.69) is 75.6 Å². The lowest BCUT2D eigenvalue weighted by molar-refractivity contribution is 0.0208. The van der Waals surface area contributed by atoms with Crippen LogP contribution in [0.25, 0.3) is 45.2 Å². The Bertz CT molecular complexity index is 2080. The molecule has 10 heteroatoms. The molecule has 2 aliphatic rings. The second kappa shape index (κ2) is 13.0. The maximum Gasteiger partial charge on any atom is 0.410 e. The normalized spacial score (nSPS) is 18.5. The van der Waals surface area contributed by atoms with E-state index < -0.39 is 11.2 Å². The van der Waals surface area contributed by atoms with E-state index in [1.54, 1.807) is 9.80 Å². The maximum atomic E-state index is 12.8. The maximum absolute atomic E-state index is 12.8. The van der Waals surface area contributed by atoms with E-state index in [0.717, 1.165) is 81.5 Å². The van der Waals surface area contributed by atoms with Crippen LogP contribution >= 0.6 is 0 Å². The van der Waals surface area contributed by atoms with Crippen molar-refractivity contribution in [2.45, 2.75) is 90.5 Å². The largest absolute Gasteiger partial charge is 0.444 e. The Kier molecular flexibility index (Phi) is 8.66. The predicted molar refractivity (Wildman–Crippen MR) is 196 cm³/mol. The van der Waals surface area contributed by atoms with E-state index in [4.69, 9.17) is 14.5 Å². The first kappa shape index (κ1) is 33.4. The van der Waals surface area contributed by atoms with Crippen molar-refractivity contribution >= 4 is 46.1 Å². The van der Waals surface area contributed by atoms with E-state index in [-0.39, 0.29) is 24.3 Å². The van der Waals surface area contributed by atoms with Crippen molar-refractivity contribution in [3.8, 4) is 11.3 Å². The zero-order valence-corrected chi connectivity index (χ0v) is 29.7. The average molecular weight is 675 g/mol. The summed E-state index contributed by atoms with van der Waals surface area (Å²) < 4.78 is 11.3. The molecule has 5 aromatic rings. The summed E-state index contributed by atoms with van der Waals surface area (Å²) in [7, 11) is 0. The van der Waals surface area contributed by atoms with Crippen LogP contribution in [0.5, 0.6) is 0 Å². The van der Waals surface area contributed by atoms with Crippen molar-refractivity contribution in [3.63, 3.8) is 0 Å². The summed E-state index contributed by atoms with van der Waals surface area (Å²) in [6, 6.07) is 18.8. The second-order valence-electron chi connectivity index (χ2n) is 15.4. The Hall–Kier alpha value is -5.12. The fourth-order valence-corrected chi connectivity index (χ4v) is 6.87. The van der Waals surface area contributed by atoms with Crippen molar-refractivity contribution in [1.82, 2.24) is 29.7 Å². The molecule has 50 heavy (non-hydrogen) atoms. The SMILES string of the molecule is CC(C)(C)OC(=O)N1CCC[C@H]1c1ncc(-c2ccc3cc(/C=C/c4ccc5nc([C@@H]6CCCN6C(=O)OC(C)(C)C)[nH]c5c4)ccc3c2)[nH]1. The summed E-state index contributed by atoms with van der Waals surface area (Å²) in [5.74, 6) is 1.58. The molecule has 10 nitrogen and oxygen atoms in total. The van der Waals surface area contributed by atoms with Gasteiger partial charge in [0.1, 0.15) is 22.9 Å². The Morgan fingerprint density at radius 2 is 1.32 bits per heavy atom. The zero-order chi connectivity index (χ0) is 35.2. The fourth-order valence-electron chi connectivity index (χ4n) is 6.87. The summed E-state index contributed by atoms with van der Waals surface area (Å²) in [5, 5.41) is 2.27. The first-order chi connectivity index (χ1) is 23.8. The molecule has 2 saturated heterocycles. The molecule has 0 radical (unpaired) electrons. The quantitative estimate of drug-likeness (QED) is 0.180. The van der Waals surface area contributed by atoms with Gasteiger partial charge in [-0.25, -0.2) is 19.6 Å². The number of carbonyl (C=O) groups excluding carboxylic acids is 2. The molecule has 7 rings (SSSR count). The third-order valence-electron chi connectivity index (χ3n) is 9.16. The number of H-pyrrole nitrogens is 2. The molecule has 2 aliphatic heterocycles. The molecular weight excluding hydrogens is 628 g/mol. The summed E-state index contributed by atoms with van der Waals surface area (Å²) >= 11 is 0. The number of fused-ring (bicyclic) bond motifs is 2. The summed E-state index contributed by atoms with van der Waals surface area (Å²) in [6.07, 6.45) is 9.03. The number of aromatic nitrogens is 4. The predicted octanol–water partition coefficient (Wildman–Crippen LogP) is 9.42. The zero-order valence-electron chi connectivity index (χ0n) is 29.7. The van der Waals surface area contributed by atoms with Crippen LogP contribution in [0.1, 0.15) is 102 Å². The second-order valence-corrected chi connectivity index (χ2v) is 15.4. The Morgan fingerprint density at radius 1 is 0.740 bits per heavy atom. The summed E-state index contributed by atoms with van der Waals surface area (Å²) in [4.78, 5) is 45.7. The molecule has 0 bridgehead atoms. The number of aromatic amines is 2. The molecule has 2 amide bonds. The highest BCUT2D eigenvalue weighted by molar-refractivity contribution is 5.90. The van der Waals surface area contributed by atoms with Crippen molar-refractivity contribution < 1.29 is 19.1 Å². The van der Waals surface area contributed by atoms with Crippen molar-refractivity contribution in [1.29, 1.82) is 0 Å². The van der Waals surface area contributed by atoms with E-state index >= 15 is 0 Å². The van der Waals surface area contributed by atoms with Crippen molar-refractivity contribution in [3.05, 3.63) is 83.6 Å². The van der Waals surface area contributed by atoms with Crippen LogP contribution in [-0.4, -0.2) is 66.2 Å². The van der Waals surface area contributed by atoms with Gasteiger partial charge in [0.25, 0.3) is 0 Å². The van der Waals surface area contributed by atoms with E-state index in [9.17, 15) is 9.59 Å². The van der Waals surface area contributed by atoms with E-state index in [1.165, 1.54) is 0 Å². The highest BCUT2D eigenvalue weighted by atomic mass is 16.6. The number of rotatable bonds is 5. The van der Waals surface area contributed by atoms with Gasteiger partial charge in [-0.2, -0.15) is 0 Å². The Balaban J connectivity index is 1.04. The van der Waals surface area contributed by atoms with Gasteiger partial charge in [0.05, 0.1) is 35.0 Å². The molecular formula is C40H46N6O4. The first-order valence-electron chi connectivity index (χ1n) is 17.6. The molecule has 0 unspecified atom stereocenters. The Morgan fingerprint density at radius 3 is 1.98 bits per heavy atom. The molecule has 0 aliphatic carbocycles. The number of nitrogens with one attached hydrogen (secondary N) is 2. The van der Waals surface area contributed by atoms with Crippen molar-refractivity contribution in [2.24, 2.45) is 0 Å². The molecule has 0 spiro atoms. The van der Waals surface area contributed by atoms with Crippen LogP contribution in [-0.2, 0) is 9.47 Å². The van der Waals surface area contributed by atoms with Gasteiger partial charge in [0, 0.05) is 18.7 Å². The topological polar surface area (TPSA) is 116 Å². The van der Waals surface area contributed by atoms with Crippen LogP contribution in [0.4, 0.5) is 9.59 Å². The smallest absolute Gasteiger partial charge is 0.410 e. The monoisotopic (exact) mass is 674 g/mol. The van der Waals surface area contributed by atoms with Gasteiger partial charge in [-0.3, -0.25) is 9.80 Å². The number of imidazole rings is 2. The number of likely N-dealkylation sites (tertiary alicyclic amines) is 2. The van der Waals surface area contributed by atoms with Crippen LogP contribution in [0, 0.1) is 0 Å². The van der Waals surface area contributed by atoms with Gasteiger partial charge in [-0.05, 0) is 113 Å². The van der Waals surface area contributed by atoms with Crippen LogP contribution in [0.15, 0.2) is 60.8 Å². The minimum absolute atomic E-state index is 0.119. The standard InChI is InChI=1S/C40H46N6O4/c1-39(2,3)49-37(47)45-19-7-9-33(45)35-41-24-32(44-35)29-17-16-27-21-25(13-15-28(27)23-29)11-12-26-14-18-30-31(22-26)43-36(42-30)34-10-8-20-46(34)38(48)50-40(4,5)6/h11-18,21-24,33-34H,7-10,19-20H2,1-6H3,(H,41,44)(H,42,43)/b12-11+/t33-,34-/m0/s1. The highest BCUT2D eigenvalue weighted by Gasteiger charge is 2.36.